The Morgan fingerprint density at radius 3 is 2.90 bits per heavy atom. The Hall–Kier alpha value is -1.45. The van der Waals surface area contributed by atoms with Gasteiger partial charge < -0.3 is 0 Å². The van der Waals surface area contributed by atoms with Crippen LogP contribution in [0.5, 0.6) is 0 Å². The third-order valence-electron chi connectivity index (χ3n) is 4.63. The van der Waals surface area contributed by atoms with Gasteiger partial charge in [0.15, 0.2) is 0 Å². The summed E-state index contributed by atoms with van der Waals surface area (Å²) in [5.41, 5.74) is 4.28. The monoisotopic (exact) mass is 269 g/mol. The summed E-state index contributed by atoms with van der Waals surface area (Å²) in [5, 5.41) is 2.45. The maximum Gasteiger partial charge on any atom is 0.0466 e. The van der Waals surface area contributed by atoms with Crippen LogP contribution >= 0.6 is 0 Å². The van der Waals surface area contributed by atoms with Gasteiger partial charge in [-0.25, -0.2) is 0 Å². The van der Waals surface area contributed by atoms with Gasteiger partial charge in [-0.3, -0.25) is 16.3 Å². The highest BCUT2D eigenvalue weighted by Gasteiger charge is 2.18. The molecule has 0 saturated heterocycles. The topological polar surface area (TPSA) is 50.9 Å². The molecule has 0 radical (unpaired) electrons. The number of nitrogens with one attached hydrogen (secondary N) is 1. The molecular formula is C17H23N3. The van der Waals surface area contributed by atoms with Crippen molar-refractivity contribution in [3.8, 4) is 0 Å². The second-order valence-electron chi connectivity index (χ2n) is 5.89. The van der Waals surface area contributed by atoms with Crippen LogP contribution in [0.1, 0.15) is 50.1 Å². The predicted octanol–water partition coefficient (Wildman–Crippen LogP) is 3.71. The number of hydrogen-bond donors (Lipinski definition) is 2. The van der Waals surface area contributed by atoms with E-state index in [1.807, 2.05) is 12.4 Å². The SMILES string of the molecule is NNC(CCC1CCCC1)c1cccc2ccncc12. The Balaban J connectivity index is 1.79. The van der Waals surface area contributed by atoms with Crippen LogP contribution in [0.25, 0.3) is 10.8 Å². The lowest BCUT2D eigenvalue weighted by atomic mass is 9.93. The molecule has 20 heavy (non-hydrogen) atoms. The number of aromatic nitrogens is 1. The van der Waals surface area contributed by atoms with Crippen molar-refractivity contribution in [2.24, 2.45) is 11.8 Å². The average molecular weight is 269 g/mol. The normalized spacial score (nSPS) is 17.6. The average Bonchev–Trinajstić information content (AvgIpc) is 3.01. The molecule has 2 aromatic rings. The molecule has 1 unspecified atom stereocenters. The van der Waals surface area contributed by atoms with Gasteiger partial charge in [-0.05, 0) is 35.8 Å². The molecule has 1 atom stereocenters. The molecule has 0 amide bonds. The van der Waals surface area contributed by atoms with E-state index in [0.29, 0.717) is 0 Å². The van der Waals surface area contributed by atoms with Crippen LogP contribution in [-0.2, 0) is 0 Å². The molecule has 1 saturated carbocycles. The maximum absolute atomic E-state index is 5.81. The highest BCUT2D eigenvalue weighted by molar-refractivity contribution is 5.85. The van der Waals surface area contributed by atoms with E-state index in [1.165, 1.54) is 48.4 Å². The quantitative estimate of drug-likeness (QED) is 0.642. The van der Waals surface area contributed by atoms with Crippen molar-refractivity contribution in [2.45, 2.75) is 44.6 Å². The van der Waals surface area contributed by atoms with Crippen molar-refractivity contribution in [3.05, 3.63) is 42.2 Å². The van der Waals surface area contributed by atoms with E-state index >= 15 is 0 Å². The Morgan fingerprint density at radius 2 is 2.10 bits per heavy atom. The van der Waals surface area contributed by atoms with Gasteiger partial charge >= 0.3 is 0 Å². The van der Waals surface area contributed by atoms with Crippen molar-refractivity contribution in [1.29, 1.82) is 0 Å². The molecule has 3 rings (SSSR count). The summed E-state index contributed by atoms with van der Waals surface area (Å²) in [6.07, 6.45) is 11.8. The first-order chi connectivity index (χ1) is 9.88. The van der Waals surface area contributed by atoms with Crippen LogP contribution in [0.3, 0.4) is 0 Å². The molecule has 1 heterocycles. The van der Waals surface area contributed by atoms with Gasteiger partial charge in [0.1, 0.15) is 0 Å². The highest BCUT2D eigenvalue weighted by atomic mass is 15.2. The van der Waals surface area contributed by atoms with Crippen LogP contribution in [-0.4, -0.2) is 4.98 Å². The van der Waals surface area contributed by atoms with Crippen LogP contribution in [0.2, 0.25) is 0 Å². The molecule has 0 spiro atoms. The van der Waals surface area contributed by atoms with Crippen LogP contribution in [0, 0.1) is 5.92 Å². The number of hydrogen-bond acceptors (Lipinski definition) is 3. The molecule has 0 bridgehead atoms. The van der Waals surface area contributed by atoms with Gasteiger partial charge in [-0.1, -0.05) is 43.9 Å². The van der Waals surface area contributed by atoms with E-state index in [2.05, 4.69) is 34.7 Å². The minimum atomic E-state index is 0.225. The minimum Gasteiger partial charge on any atom is -0.271 e. The standard InChI is InChI=1S/C17H23N3/c18-20-17(9-8-13-4-1-2-5-13)15-7-3-6-14-10-11-19-12-16(14)15/h3,6-7,10-13,17,20H,1-2,4-5,8-9,18H2. The van der Waals surface area contributed by atoms with E-state index in [-0.39, 0.29) is 6.04 Å². The van der Waals surface area contributed by atoms with Gasteiger partial charge in [0, 0.05) is 23.8 Å². The number of pyridine rings is 1. The lowest BCUT2D eigenvalue weighted by molar-refractivity contribution is 0.418. The summed E-state index contributed by atoms with van der Waals surface area (Å²) >= 11 is 0. The third kappa shape index (κ3) is 2.84. The second-order valence-corrected chi connectivity index (χ2v) is 5.89. The van der Waals surface area contributed by atoms with Gasteiger partial charge in [0.05, 0.1) is 0 Å². The number of nitrogens with zero attached hydrogens (tertiary/aromatic N) is 1. The molecule has 3 nitrogen and oxygen atoms in total. The van der Waals surface area contributed by atoms with E-state index < -0.39 is 0 Å². The molecule has 1 aliphatic carbocycles. The van der Waals surface area contributed by atoms with Crippen molar-refractivity contribution >= 4 is 10.8 Å². The zero-order valence-electron chi connectivity index (χ0n) is 11.9. The molecular weight excluding hydrogens is 246 g/mol. The highest BCUT2D eigenvalue weighted by Crippen LogP contribution is 2.32. The van der Waals surface area contributed by atoms with E-state index in [0.717, 1.165) is 12.3 Å². The Morgan fingerprint density at radius 1 is 1.25 bits per heavy atom. The molecule has 1 fully saturated rings. The molecule has 3 N–H and O–H groups in total. The third-order valence-corrected chi connectivity index (χ3v) is 4.63. The zero-order chi connectivity index (χ0) is 13.8. The summed E-state index contributed by atoms with van der Waals surface area (Å²) < 4.78 is 0. The molecule has 1 aromatic heterocycles. The fourth-order valence-corrected chi connectivity index (χ4v) is 3.47. The van der Waals surface area contributed by atoms with Gasteiger partial charge in [-0.15, -0.1) is 0 Å². The molecule has 0 aliphatic heterocycles. The fraction of sp³-hybridized carbons (Fsp3) is 0.471. The van der Waals surface area contributed by atoms with Crippen molar-refractivity contribution in [3.63, 3.8) is 0 Å². The van der Waals surface area contributed by atoms with Crippen molar-refractivity contribution < 1.29 is 0 Å². The summed E-state index contributed by atoms with van der Waals surface area (Å²) in [6, 6.07) is 8.69. The number of hydrazine groups is 1. The molecule has 3 heteroatoms. The molecule has 1 aromatic carbocycles. The second kappa shape index (κ2) is 6.33. The lowest BCUT2D eigenvalue weighted by Crippen LogP contribution is -2.28. The minimum absolute atomic E-state index is 0.225. The van der Waals surface area contributed by atoms with Gasteiger partial charge in [0.25, 0.3) is 0 Å². The summed E-state index contributed by atoms with van der Waals surface area (Å²) in [7, 11) is 0. The van der Waals surface area contributed by atoms with Gasteiger partial charge in [0.2, 0.25) is 0 Å². The first kappa shape index (κ1) is 13.5. The van der Waals surface area contributed by atoms with Gasteiger partial charge in [-0.2, -0.15) is 0 Å². The smallest absolute Gasteiger partial charge is 0.0466 e. The van der Waals surface area contributed by atoms with Crippen LogP contribution in [0.4, 0.5) is 0 Å². The lowest BCUT2D eigenvalue weighted by Gasteiger charge is -2.20. The summed E-state index contributed by atoms with van der Waals surface area (Å²) in [5.74, 6) is 6.71. The molecule has 106 valence electrons. The van der Waals surface area contributed by atoms with E-state index in [1.54, 1.807) is 0 Å². The van der Waals surface area contributed by atoms with Crippen LogP contribution in [0.15, 0.2) is 36.7 Å². The predicted molar refractivity (Wildman–Crippen MR) is 83.0 cm³/mol. The number of fused-ring (bicyclic) bond motifs is 1. The van der Waals surface area contributed by atoms with E-state index in [4.69, 9.17) is 5.84 Å². The summed E-state index contributed by atoms with van der Waals surface area (Å²) in [6.45, 7) is 0. The number of benzene rings is 1. The first-order valence-corrected chi connectivity index (χ1v) is 7.67. The Bertz CT molecular complexity index is 556. The fourth-order valence-electron chi connectivity index (χ4n) is 3.47. The largest absolute Gasteiger partial charge is 0.271 e. The van der Waals surface area contributed by atoms with E-state index in [9.17, 15) is 0 Å². The molecule has 1 aliphatic rings. The van der Waals surface area contributed by atoms with Crippen molar-refractivity contribution in [2.75, 3.05) is 0 Å². The number of nitrogens with two attached hydrogens (primary N) is 1. The number of rotatable bonds is 5. The zero-order valence-corrected chi connectivity index (χ0v) is 11.9. The first-order valence-electron chi connectivity index (χ1n) is 7.67. The van der Waals surface area contributed by atoms with Crippen molar-refractivity contribution in [1.82, 2.24) is 10.4 Å². The van der Waals surface area contributed by atoms with Crippen LogP contribution < -0.4 is 11.3 Å². The summed E-state index contributed by atoms with van der Waals surface area (Å²) in [4.78, 5) is 4.26. The maximum atomic E-state index is 5.81. The Labute approximate surface area is 120 Å². The Kier molecular flexibility index (Phi) is 4.28.